The number of aliphatic carboxylic acids is 1. The Morgan fingerprint density at radius 2 is 1.79 bits per heavy atom. The monoisotopic (exact) mass is 420 g/mol. The van der Waals surface area contributed by atoms with Gasteiger partial charge in [-0.25, -0.2) is 9.78 Å². The average Bonchev–Trinajstić information content (AvgIpc) is 3.03. The first-order valence-corrected chi connectivity index (χ1v) is 11.8. The predicted octanol–water partition coefficient (Wildman–Crippen LogP) is 2.71. The van der Waals surface area contributed by atoms with Crippen molar-refractivity contribution in [1.29, 1.82) is 0 Å². The lowest BCUT2D eigenvalue weighted by molar-refractivity contribution is -0.143. The smallest absolute Gasteiger partial charge is 0.319 e. The Bertz CT molecular complexity index is 713. The summed E-state index contributed by atoms with van der Waals surface area (Å²) in [6.07, 6.45) is 6.99. The van der Waals surface area contributed by atoms with Crippen molar-refractivity contribution in [2.24, 2.45) is 5.92 Å². The topological polar surface area (TPSA) is 85.8 Å². The van der Waals surface area contributed by atoms with Crippen molar-refractivity contribution < 1.29 is 14.7 Å². The lowest BCUT2D eigenvalue weighted by atomic mass is 9.85. The van der Waals surface area contributed by atoms with E-state index in [-0.39, 0.29) is 18.0 Å². The zero-order valence-electron chi connectivity index (χ0n) is 17.2. The van der Waals surface area contributed by atoms with Gasteiger partial charge in [-0.15, -0.1) is 11.3 Å². The van der Waals surface area contributed by atoms with Gasteiger partial charge in [-0.1, -0.05) is 0 Å². The maximum Gasteiger partial charge on any atom is 0.319 e. The third kappa shape index (κ3) is 4.58. The molecule has 2 fully saturated rings. The number of carboxylic acid groups (broad SMARTS) is 1. The Hall–Kier alpha value is -1.67. The fourth-order valence-electron chi connectivity index (χ4n) is 4.91. The number of urea groups is 1. The highest BCUT2D eigenvalue weighted by molar-refractivity contribution is 7.11. The van der Waals surface area contributed by atoms with E-state index in [4.69, 9.17) is 10.1 Å². The van der Waals surface area contributed by atoms with Crippen molar-refractivity contribution in [3.05, 3.63) is 15.6 Å². The number of likely N-dealkylation sites (tertiary alicyclic amines) is 1. The second-order valence-electron chi connectivity index (χ2n) is 8.67. The van der Waals surface area contributed by atoms with Gasteiger partial charge in [0.25, 0.3) is 0 Å². The van der Waals surface area contributed by atoms with Crippen LogP contribution < -0.4 is 5.32 Å². The first kappa shape index (κ1) is 20.6. The molecule has 29 heavy (non-hydrogen) atoms. The molecular weight excluding hydrogens is 388 g/mol. The second-order valence-corrected chi connectivity index (χ2v) is 9.79. The summed E-state index contributed by atoms with van der Waals surface area (Å²) >= 11 is 1.88. The van der Waals surface area contributed by atoms with E-state index >= 15 is 0 Å². The van der Waals surface area contributed by atoms with Crippen molar-refractivity contribution >= 4 is 23.3 Å². The molecule has 1 aromatic heterocycles. The van der Waals surface area contributed by atoms with Crippen LogP contribution in [0.15, 0.2) is 0 Å². The van der Waals surface area contributed by atoms with Gasteiger partial charge >= 0.3 is 12.0 Å². The summed E-state index contributed by atoms with van der Waals surface area (Å²) in [7, 11) is 1.88. The quantitative estimate of drug-likeness (QED) is 0.785. The Labute approximate surface area is 176 Å². The fraction of sp³-hybridized carbons (Fsp3) is 0.762. The lowest BCUT2D eigenvalue weighted by Gasteiger charge is -2.39. The van der Waals surface area contributed by atoms with E-state index in [1.165, 1.54) is 15.6 Å². The molecule has 160 valence electrons. The largest absolute Gasteiger partial charge is 0.481 e. The highest BCUT2D eigenvalue weighted by atomic mass is 32.1. The zero-order valence-corrected chi connectivity index (χ0v) is 18.0. The van der Waals surface area contributed by atoms with Crippen molar-refractivity contribution in [2.45, 2.75) is 63.3 Å². The summed E-state index contributed by atoms with van der Waals surface area (Å²) in [5.41, 5.74) is 1.28. The lowest BCUT2D eigenvalue weighted by Crippen LogP contribution is -2.49. The summed E-state index contributed by atoms with van der Waals surface area (Å²) < 4.78 is 0. The molecule has 0 bridgehead atoms. The molecule has 2 amide bonds. The number of rotatable bonds is 3. The second kappa shape index (κ2) is 9.00. The molecule has 0 atom stereocenters. The van der Waals surface area contributed by atoms with Gasteiger partial charge < -0.3 is 20.2 Å². The van der Waals surface area contributed by atoms with Gasteiger partial charge in [0.1, 0.15) is 0 Å². The third-order valence-corrected chi connectivity index (χ3v) is 8.19. The number of amides is 2. The van der Waals surface area contributed by atoms with Crippen molar-refractivity contribution in [3.8, 4) is 0 Å². The summed E-state index contributed by atoms with van der Waals surface area (Å²) in [6, 6.07) is 0.266. The van der Waals surface area contributed by atoms with E-state index in [0.29, 0.717) is 18.8 Å². The van der Waals surface area contributed by atoms with Gasteiger partial charge in [-0.2, -0.15) is 0 Å². The number of piperidine rings is 1. The van der Waals surface area contributed by atoms with E-state index in [1.807, 2.05) is 28.2 Å². The number of fused-ring (bicyclic) bond motifs is 1. The third-order valence-electron chi connectivity index (χ3n) is 6.87. The van der Waals surface area contributed by atoms with Crippen LogP contribution in [0.5, 0.6) is 0 Å². The normalized spacial score (nSPS) is 25.9. The van der Waals surface area contributed by atoms with E-state index in [1.54, 1.807) is 0 Å². The van der Waals surface area contributed by atoms with Crippen molar-refractivity contribution in [1.82, 2.24) is 20.1 Å². The van der Waals surface area contributed by atoms with Gasteiger partial charge in [0, 0.05) is 56.5 Å². The molecule has 1 aliphatic carbocycles. The van der Waals surface area contributed by atoms with Gasteiger partial charge in [-0.3, -0.25) is 4.79 Å². The predicted molar refractivity (Wildman–Crippen MR) is 112 cm³/mol. The number of carboxylic acids is 1. The van der Waals surface area contributed by atoms with Crippen LogP contribution in [0.4, 0.5) is 4.79 Å². The molecule has 2 N–H and O–H groups in total. The SMILES string of the molecule is CN(C(=O)N1CCC(c2nc3c(s2)CCNCC3)CC1)C1CCC(C(=O)O)CC1. The molecule has 0 radical (unpaired) electrons. The molecule has 0 aromatic carbocycles. The van der Waals surface area contributed by atoms with E-state index in [9.17, 15) is 9.59 Å². The Kier molecular flexibility index (Phi) is 6.39. The minimum absolute atomic E-state index is 0.100. The summed E-state index contributed by atoms with van der Waals surface area (Å²) in [4.78, 5) is 34.3. The number of nitrogens with one attached hydrogen (secondary N) is 1. The average molecular weight is 421 g/mol. The number of carbonyl (C=O) groups is 2. The van der Waals surface area contributed by atoms with Crippen LogP contribution in [-0.4, -0.2) is 71.2 Å². The molecule has 1 saturated carbocycles. The standard InChI is InChI=1S/C21H32N4O3S/c1-24(16-4-2-15(3-5-16)20(26)27)21(28)25-12-8-14(9-13-25)19-23-17-6-10-22-11-7-18(17)29-19/h14-16,22H,2-13H2,1H3,(H,26,27). The van der Waals surface area contributed by atoms with Gasteiger partial charge in [0.05, 0.1) is 16.6 Å². The number of nitrogens with zero attached hydrogens (tertiary/aromatic N) is 3. The maximum atomic E-state index is 13.0. The van der Waals surface area contributed by atoms with Crippen LogP contribution >= 0.6 is 11.3 Å². The summed E-state index contributed by atoms with van der Waals surface area (Å²) in [5, 5.41) is 13.9. The summed E-state index contributed by atoms with van der Waals surface area (Å²) in [6.45, 7) is 3.63. The number of hydrogen-bond donors (Lipinski definition) is 2. The molecule has 8 heteroatoms. The molecule has 0 unspecified atom stereocenters. The molecule has 2 aliphatic heterocycles. The molecule has 1 aromatic rings. The van der Waals surface area contributed by atoms with Crippen LogP contribution in [0.25, 0.3) is 0 Å². The molecule has 7 nitrogen and oxygen atoms in total. The van der Waals surface area contributed by atoms with Gasteiger partial charge in [0.15, 0.2) is 0 Å². The van der Waals surface area contributed by atoms with E-state index < -0.39 is 5.97 Å². The minimum Gasteiger partial charge on any atom is -0.481 e. The van der Waals surface area contributed by atoms with Crippen LogP contribution in [0, 0.1) is 5.92 Å². The molecule has 3 aliphatic rings. The van der Waals surface area contributed by atoms with Crippen LogP contribution in [0.3, 0.4) is 0 Å². The fourth-order valence-corrected chi connectivity index (χ4v) is 6.19. The molecule has 1 saturated heterocycles. The van der Waals surface area contributed by atoms with Crippen LogP contribution in [0.2, 0.25) is 0 Å². The van der Waals surface area contributed by atoms with Gasteiger partial charge in [-0.05, 0) is 44.9 Å². The zero-order chi connectivity index (χ0) is 20.4. The van der Waals surface area contributed by atoms with Crippen LogP contribution in [-0.2, 0) is 17.6 Å². The van der Waals surface area contributed by atoms with Gasteiger partial charge in [0.2, 0.25) is 0 Å². The number of carbonyl (C=O) groups excluding carboxylic acids is 1. The molecule has 4 rings (SSSR count). The first-order valence-electron chi connectivity index (χ1n) is 11.0. The molecule has 0 spiro atoms. The minimum atomic E-state index is -0.699. The molecular formula is C21H32N4O3S. The maximum absolute atomic E-state index is 13.0. The highest BCUT2D eigenvalue weighted by Crippen LogP contribution is 2.34. The highest BCUT2D eigenvalue weighted by Gasteiger charge is 2.33. The first-order chi connectivity index (χ1) is 14.0. The number of aromatic nitrogens is 1. The molecule has 3 heterocycles. The van der Waals surface area contributed by atoms with E-state index in [2.05, 4.69) is 5.32 Å². The number of thiazole rings is 1. The van der Waals surface area contributed by atoms with Crippen molar-refractivity contribution in [2.75, 3.05) is 33.2 Å². The Morgan fingerprint density at radius 3 is 2.48 bits per heavy atom. The van der Waals surface area contributed by atoms with E-state index in [0.717, 1.165) is 64.7 Å². The Morgan fingerprint density at radius 1 is 1.10 bits per heavy atom. The number of hydrogen-bond acceptors (Lipinski definition) is 5. The van der Waals surface area contributed by atoms with Crippen LogP contribution in [0.1, 0.15) is 60.0 Å². The summed E-state index contributed by atoms with van der Waals surface area (Å²) in [5.74, 6) is -0.467. The Balaban J connectivity index is 1.29. The van der Waals surface area contributed by atoms with Crippen molar-refractivity contribution in [3.63, 3.8) is 0 Å².